The molecule has 3 rings (SSSR count). The number of aromatic nitrogens is 2. The summed E-state index contributed by atoms with van der Waals surface area (Å²) in [4.78, 5) is 11.0. The lowest BCUT2D eigenvalue weighted by Gasteiger charge is -2.35. The van der Waals surface area contributed by atoms with E-state index in [-0.39, 0.29) is 11.3 Å². The molecule has 0 bridgehead atoms. The lowest BCUT2D eigenvalue weighted by molar-refractivity contribution is 0.0985. The van der Waals surface area contributed by atoms with E-state index in [0.717, 1.165) is 43.7 Å². The molecule has 1 aromatic heterocycles. The molecule has 5 nitrogen and oxygen atoms in total. The lowest BCUT2D eigenvalue weighted by atomic mass is 9.73. The molecular formula is C16H21ClN4O. The first kappa shape index (κ1) is 15.5. The molecule has 1 atom stereocenters. The number of anilines is 1. The third-order valence-electron chi connectivity index (χ3n) is 4.76. The Kier molecular flexibility index (Phi) is 4.51. The number of hydrogen-bond donors (Lipinski definition) is 0. The van der Waals surface area contributed by atoms with E-state index in [4.69, 9.17) is 16.3 Å². The van der Waals surface area contributed by atoms with Crippen LogP contribution in [-0.4, -0.2) is 35.8 Å². The average Bonchev–Trinajstić information content (AvgIpc) is 2.55. The highest BCUT2D eigenvalue weighted by Crippen LogP contribution is 2.39. The van der Waals surface area contributed by atoms with Crippen LogP contribution in [0, 0.1) is 11.3 Å². The quantitative estimate of drug-likeness (QED) is 0.784. The van der Waals surface area contributed by atoms with Crippen molar-refractivity contribution in [1.29, 1.82) is 5.26 Å². The van der Waals surface area contributed by atoms with Crippen molar-refractivity contribution in [2.24, 2.45) is 0 Å². The Balaban J connectivity index is 1.97. The van der Waals surface area contributed by atoms with Gasteiger partial charge in [-0.1, -0.05) is 19.3 Å². The highest BCUT2D eigenvalue weighted by Gasteiger charge is 2.36. The van der Waals surface area contributed by atoms with E-state index in [1.165, 1.54) is 6.42 Å². The summed E-state index contributed by atoms with van der Waals surface area (Å²) in [7, 11) is 0. The number of morpholine rings is 1. The Morgan fingerprint density at radius 1 is 1.36 bits per heavy atom. The van der Waals surface area contributed by atoms with Gasteiger partial charge in [-0.15, -0.1) is 0 Å². The first-order valence-electron chi connectivity index (χ1n) is 7.95. The van der Waals surface area contributed by atoms with E-state index >= 15 is 0 Å². The molecule has 1 aromatic rings. The molecule has 0 amide bonds. The molecule has 0 spiro atoms. The van der Waals surface area contributed by atoms with Crippen molar-refractivity contribution in [3.05, 3.63) is 17.0 Å². The summed E-state index contributed by atoms with van der Waals surface area (Å²) < 4.78 is 5.48. The Morgan fingerprint density at radius 3 is 2.82 bits per heavy atom. The second-order valence-electron chi connectivity index (χ2n) is 6.25. The SMILES string of the molecule is CC1COCCN1c1cc(C2(C#N)CCCCC2)nc(Cl)n1. The third-order valence-corrected chi connectivity index (χ3v) is 4.93. The summed E-state index contributed by atoms with van der Waals surface area (Å²) in [6, 6.07) is 4.72. The minimum atomic E-state index is -0.505. The molecule has 1 unspecified atom stereocenters. The Labute approximate surface area is 136 Å². The van der Waals surface area contributed by atoms with Gasteiger partial charge >= 0.3 is 0 Å². The zero-order chi connectivity index (χ0) is 15.6. The van der Waals surface area contributed by atoms with Crippen LogP contribution in [0.2, 0.25) is 5.28 Å². The summed E-state index contributed by atoms with van der Waals surface area (Å²) in [6.45, 7) is 4.26. The molecule has 2 heterocycles. The van der Waals surface area contributed by atoms with Crippen LogP contribution in [0.4, 0.5) is 5.82 Å². The van der Waals surface area contributed by atoms with Gasteiger partial charge in [0, 0.05) is 12.6 Å². The number of halogens is 1. The number of ether oxygens (including phenoxy) is 1. The van der Waals surface area contributed by atoms with Gasteiger partial charge in [0.05, 0.1) is 36.4 Å². The minimum absolute atomic E-state index is 0.228. The van der Waals surface area contributed by atoms with Crippen molar-refractivity contribution >= 4 is 17.4 Å². The molecule has 22 heavy (non-hydrogen) atoms. The van der Waals surface area contributed by atoms with Crippen LogP contribution in [0.15, 0.2) is 6.07 Å². The highest BCUT2D eigenvalue weighted by molar-refractivity contribution is 6.28. The molecule has 6 heteroatoms. The molecule has 1 saturated carbocycles. The van der Waals surface area contributed by atoms with Crippen molar-refractivity contribution in [3.8, 4) is 6.07 Å². The molecule has 2 aliphatic rings. The maximum atomic E-state index is 9.75. The van der Waals surface area contributed by atoms with E-state index in [9.17, 15) is 5.26 Å². The number of nitriles is 1. The second-order valence-corrected chi connectivity index (χ2v) is 6.59. The summed E-state index contributed by atoms with van der Waals surface area (Å²) in [6.07, 6.45) is 5.04. The zero-order valence-electron chi connectivity index (χ0n) is 12.9. The van der Waals surface area contributed by atoms with Crippen LogP contribution in [0.3, 0.4) is 0 Å². The predicted molar refractivity (Wildman–Crippen MR) is 85.0 cm³/mol. The van der Waals surface area contributed by atoms with Crippen LogP contribution >= 0.6 is 11.6 Å². The summed E-state index contributed by atoms with van der Waals surface area (Å²) in [5.41, 5.74) is 0.276. The van der Waals surface area contributed by atoms with Crippen LogP contribution < -0.4 is 4.90 Å². The number of rotatable bonds is 2. The molecule has 118 valence electrons. The molecule has 1 aliphatic heterocycles. The fourth-order valence-electron chi connectivity index (χ4n) is 3.45. The van der Waals surface area contributed by atoms with E-state index < -0.39 is 5.41 Å². The topological polar surface area (TPSA) is 62.0 Å². The Morgan fingerprint density at radius 2 is 2.14 bits per heavy atom. The van der Waals surface area contributed by atoms with Gasteiger partial charge in [0.25, 0.3) is 0 Å². The van der Waals surface area contributed by atoms with Crippen LogP contribution in [0.25, 0.3) is 0 Å². The minimum Gasteiger partial charge on any atom is -0.377 e. The molecule has 0 aromatic carbocycles. The Bertz CT molecular complexity index is 580. The standard InChI is InChI=1S/C16H21ClN4O/c1-12-10-22-8-7-21(12)14-9-13(19-15(17)20-14)16(11-18)5-3-2-4-6-16/h9,12H,2-8,10H2,1H3. The number of nitrogens with zero attached hydrogens (tertiary/aromatic N) is 4. The first-order chi connectivity index (χ1) is 10.6. The maximum absolute atomic E-state index is 9.75. The average molecular weight is 321 g/mol. The highest BCUT2D eigenvalue weighted by atomic mass is 35.5. The molecule has 0 N–H and O–H groups in total. The third kappa shape index (κ3) is 2.90. The maximum Gasteiger partial charge on any atom is 0.224 e. The predicted octanol–water partition coefficient (Wildman–Crippen LogP) is 3.08. The number of hydrogen-bond acceptors (Lipinski definition) is 5. The van der Waals surface area contributed by atoms with Gasteiger partial charge in [-0.05, 0) is 31.4 Å². The summed E-state index contributed by atoms with van der Waals surface area (Å²) >= 11 is 6.17. The normalized spacial score (nSPS) is 24.8. The van der Waals surface area contributed by atoms with E-state index in [2.05, 4.69) is 27.9 Å². The molecule has 1 aliphatic carbocycles. The van der Waals surface area contributed by atoms with Gasteiger partial charge in [-0.2, -0.15) is 5.26 Å². The van der Waals surface area contributed by atoms with Crippen molar-refractivity contribution in [1.82, 2.24) is 9.97 Å². The summed E-state index contributed by atoms with van der Waals surface area (Å²) in [5.74, 6) is 0.811. The van der Waals surface area contributed by atoms with Crippen molar-refractivity contribution in [2.75, 3.05) is 24.7 Å². The molecule has 0 radical (unpaired) electrons. The smallest absolute Gasteiger partial charge is 0.224 e. The van der Waals surface area contributed by atoms with Crippen LogP contribution in [0.1, 0.15) is 44.7 Å². The van der Waals surface area contributed by atoms with E-state index in [1.807, 2.05) is 6.07 Å². The van der Waals surface area contributed by atoms with E-state index in [1.54, 1.807) is 0 Å². The van der Waals surface area contributed by atoms with Gasteiger partial charge in [0.2, 0.25) is 5.28 Å². The van der Waals surface area contributed by atoms with Gasteiger partial charge in [0.1, 0.15) is 5.82 Å². The summed E-state index contributed by atoms with van der Waals surface area (Å²) in [5, 5.41) is 9.98. The van der Waals surface area contributed by atoms with Gasteiger partial charge in [-0.3, -0.25) is 0 Å². The van der Waals surface area contributed by atoms with Crippen molar-refractivity contribution in [2.45, 2.75) is 50.5 Å². The van der Waals surface area contributed by atoms with E-state index in [0.29, 0.717) is 13.2 Å². The first-order valence-corrected chi connectivity index (χ1v) is 8.33. The largest absolute Gasteiger partial charge is 0.377 e. The monoisotopic (exact) mass is 320 g/mol. The van der Waals surface area contributed by atoms with Gasteiger partial charge in [0.15, 0.2) is 0 Å². The zero-order valence-corrected chi connectivity index (χ0v) is 13.6. The molecule has 1 saturated heterocycles. The fraction of sp³-hybridized carbons (Fsp3) is 0.688. The Hall–Kier alpha value is -1.38. The van der Waals surface area contributed by atoms with Gasteiger partial charge in [-0.25, -0.2) is 9.97 Å². The van der Waals surface area contributed by atoms with Crippen molar-refractivity contribution in [3.63, 3.8) is 0 Å². The second kappa shape index (κ2) is 6.39. The fourth-order valence-corrected chi connectivity index (χ4v) is 3.62. The molecular weight excluding hydrogens is 300 g/mol. The van der Waals surface area contributed by atoms with Crippen LogP contribution in [-0.2, 0) is 10.2 Å². The van der Waals surface area contributed by atoms with Crippen molar-refractivity contribution < 1.29 is 4.74 Å². The van der Waals surface area contributed by atoms with Gasteiger partial charge < -0.3 is 9.64 Å². The lowest BCUT2D eigenvalue weighted by Crippen LogP contribution is -2.44. The molecule has 2 fully saturated rings. The van der Waals surface area contributed by atoms with Crippen LogP contribution in [0.5, 0.6) is 0 Å².